The first-order valence-electron chi connectivity index (χ1n) is 6.03. The molecule has 1 aliphatic carbocycles. The minimum atomic E-state index is 0.135. The van der Waals surface area contributed by atoms with Crippen molar-refractivity contribution in [3.05, 3.63) is 0 Å². The van der Waals surface area contributed by atoms with Gasteiger partial charge >= 0.3 is 0 Å². The van der Waals surface area contributed by atoms with Gasteiger partial charge in [0.15, 0.2) is 0 Å². The van der Waals surface area contributed by atoms with E-state index in [1.807, 2.05) is 0 Å². The largest absolute Gasteiger partial charge is 0.395 e. The molecule has 3 N–H and O–H groups in total. The van der Waals surface area contributed by atoms with Crippen LogP contribution in [0.1, 0.15) is 39.5 Å². The van der Waals surface area contributed by atoms with E-state index < -0.39 is 0 Å². The summed E-state index contributed by atoms with van der Waals surface area (Å²) in [5.74, 6) is 0. The zero-order chi connectivity index (χ0) is 11.5. The van der Waals surface area contributed by atoms with Crippen molar-refractivity contribution in [3.8, 4) is 0 Å². The minimum absolute atomic E-state index is 0.135. The summed E-state index contributed by atoms with van der Waals surface area (Å²) in [5, 5.41) is 9.21. The van der Waals surface area contributed by atoms with Gasteiger partial charge in [0.2, 0.25) is 0 Å². The Kier molecular flexibility index (Phi) is 4.56. The van der Waals surface area contributed by atoms with Crippen molar-refractivity contribution < 1.29 is 5.11 Å². The molecule has 1 fully saturated rings. The smallest absolute Gasteiger partial charge is 0.0599 e. The zero-order valence-corrected chi connectivity index (χ0v) is 10.4. The van der Waals surface area contributed by atoms with Crippen LogP contribution in [0, 0.1) is 5.41 Å². The number of nitrogens with two attached hydrogens (primary N) is 1. The van der Waals surface area contributed by atoms with E-state index in [-0.39, 0.29) is 12.6 Å². The molecule has 1 saturated carbocycles. The Labute approximate surface area is 93.6 Å². The number of rotatable bonds is 4. The fraction of sp³-hybridized carbons (Fsp3) is 1.00. The first kappa shape index (κ1) is 12.9. The second kappa shape index (κ2) is 5.28. The van der Waals surface area contributed by atoms with Gasteiger partial charge in [0.1, 0.15) is 0 Å². The maximum absolute atomic E-state index is 9.21. The summed E-state index contributed by atoms with van der Waals surface area (Å²) >= 11 is 0. The molecule has 0 amide bonds. The summed E-state index contributed by atoms with van der Waals surface area (Å²) in [6, 6.07) is 0.745. The van der Waals surface area contributed by atoms with E-state index in [1.54, 1.807) is 0 Å². The van der Waals surface area contributed by atoms with Crippen molar-refractivity contribution in [1.82, 2.24) is 4.90 Å². The first-order chi connectivity index (χ1) is 7.00. The molecule has 1 rings (SSSR count). The maximum atomic E-state index is 9.21. The predicted octanol–water partition coefficient (Wildman–Crippen LogP) is 1.21. The summed E-state index contributed by atoms with van der Waals surface area (Å²) in [4.78, 5) is 2.27. The second-order valence-electron chi connectivity index (χ2n) is 5.63. The Morgan fingerprint density at radius 3 is 2.33 bits per heavy atom. The number of hydrogen-bond acceptors (Lipinski definition) is 3. The van der Waals surface area contributed by atoms with Crippen molar-refractivity contribution >= 4 is 0 Å². The van der Waals surface area contributed by atoms with Gasteiger partial charge in [-0.15, -0.1) is 0 Å². The average Bonchev–Trinajstić information content (AvgIpc) is 2.19. The van der Waals surface area contributed by atoms with E-state index in [4.69, 9.17) is 5.73 Å². The Morgan fingerprint density at radius 1 is 1.40 bits per heavy atom. The lowest BCUT2D eigenvalue weighted by Gasteiger charge is -2.41. The van der Waals surface area contributed by atoms with E-state index in [0.717, 1.165) is 0 Å². The predicted molar refractivity (Wildman–Crippen MR) is 63.7 cm³/mol. The van der Waals surface area contributed by atoms with Gasteiger partial charge in [-0.3, -0.25) is 4.90 Å². The third-order valence-corrected chi connectivity index (χ3v) is 3.94. The highest BCUT2D eigenvalue weighted by atomic mass is 16.3. The van der Waals surface area contributed by atoms with Crippen LogP contribution in [0.4, 0.5) is 0 Å². The van der Waals surface area contributed by atoms with Crippen LogP contribution in [0.25, 0.3) is 0 Å². The summed E-state index contributed by atoms with van der Waals surface area (Å²) in [6.45, 7) is 5.41. The van der Waals surface area contributed by atoms with E-state index >= 15 is 0 Å². The zero-order valence-electron chi connectivity index (χ0n) is 10.4. The molecule has 0 aromatic carbocycles. The Balaban J connectivity index is 2.45. The molecule has 0 spiro atoms. The third-order valence-electron chi connectivity index (χ3n) is 3.94. The highest BCUT2D eigenvalue weighted by molar-refractivity contribution is 4.85. The lowest BCUT2D eigenvalue weighted by molar-refractivity contribution is 0.0687. The topological polar surface area (TPSA) is 49.5 Å². The SMILES string of the molecule is CN(C(CN)CO)C1CCC(C)(C)CC1. The molecule has 1 unspecified atom stereocenters. The normalized spacial score (nSPS) is 24.4. The van der Waals surface area contributed by atoms with Crippen molar-refractivity contribution in [2.45, 2.75) is 51.6 Å². The lowest BCUT2D eigenvalue weighted by Crippen LogP contribution is -2.48. The number of nitrogens with zero attached hydrogens (tertiary/aromatic N) is 1. The van der Waals surface area contributed by atoms with Gasteiger partial charge in [-0.2, -0.15) is 0 Å². The molecule has 0 aromatic rings. The summed E-state index contributed by atoms with van der Waals surface area (Å²) in [7, 11) is 2.09. The minimum Gasteiger partial charge on any atom is -0.395 e. The van der Waals surface area contributed by atoms with Crippen LogP contribution in [0.3, 0.4) is 0 Å². The molecule has 1 aliphatic rings. The Bertz CT molecular complexity index is 180. The molecular weight excluding hydrogens is 188 g/mol. The van der Waals surface area contributed by atoms with Gasteiger partial charge in [0.25, 0.3) is 0 Å². The number of aliphatic hydroxyl groups is 1. The molecule has 0 aromatic heterocycles. The van der Waals surface area contributed by atoms with Gasteiger partial charge in [-0.05, 0) is 38.1 Å². The summed E-state index contributed by atoms with van der Waals surface area (Å²) < 4.78 is 0. The van der Waals surface area contributed by atoms with Gasteiger partial charge in [0, 0.05) is 18.6 Å². The first-order valence-corrected chi connectivity index (χ1v) is 6.03. The van der Waals surface area contributed by atoms with Crippen LogP contribution in [0.15, 0.2) is 0 Å². The molecule has 0 bridgehead atoms. The molecular formula is C12H26N2O. The molecule has 3 nitrogen and oxygen atoms in total. The van der Waals surface area contributed by atoms with E-state index in [0.29, 0.717) is 18.0 Å². The summed E-state index contributed by atoms with van der Waals surface area (Å²) in [5.41, 5.74) is 6.15. The van der Waals surface area contributed by atoms with Crippen molar-refractivity contribution in [2.75, 3.05) is 20.2 Å². The standard InChI is InChI=1S/C12H26N2O/c1-12(2)6-4-10(5-7-12)14(3)11(8-13)9-15/h10-11,15H,4-9,13H2,1-3H3. The van der Waals surface area contributed by atoms with Crippen LogP contribution in [-0.4, -0.2) is 42.3 Å². The fourth-order valence-electron chi connectivity index (χ4n) is 2.46. The number of likely N-dealkylation sites (N-methyl/N-ethyl adjacent to an activating group) is 1. The number of hydrogen-bond donors (Lipinski definition) is 2. The van der Waals surface area contributed by atoms with Crippen LogP contribution in [0.5, 0.6) is 0 Å². The highest BCUT2D eigenvalue weighted by Gasteiger charge is 2.30. The maximum Gasteiger partial charge on any atom is 0.0599 e. The Hall–Kier alpha value is -0.120. The molecule has 0 saturated heterocycles. The molecule has 3 heteroatoms. The van der Waals surface area contributed by atoms with E-state index in [2.05, 4.69) is 25.8 Å². The monoisotopic (exact) mass is 214 g/mol. The van der Waals surface area contributed by atoms with Crippen molar-refractivity contribution in [1.29, 1.82) is 0 Å². The fourth-order valence-corrected chi connectivity index (χ4v) is 2.46. The molecule has 90 valence electrons. The molecule has 1 atom stereocenters. The van der Waals surface area contributed by atoms with Crippen molar-refractivity contribution in [2.24, 2.45) is 11.1 Å². The van der Waals surface area contributed by atoms with E-state index in [9.17, 15) is 5.11 Å². The van der Waals surface area contributed by atoms with Gasteiger partial charge in [-0.25, -0.2) is 0 Å². The summed E-state index contributed by atoms with van der Waals surface area (Å²) in [6.07, 6.45) is 5.04. The van der Waals surface area contributed by atoms with Gasteiger partial charge in [-0.1, -0.05) is 13.8 Å². The van der Waals surface area contributed by atoms with Gasteiger partial charge in [0.05, 0.1) is 6.61 Å². The Morgan fingerprint density at radius 2 is 1.93 bits per heavy atom. The second-order valence-corrected chi connectivity index (χ2v) is 5.63. The van der Waals surface area contributed by atoms with E-state index in [1.165, 1.54) is 25.7 Å². The van der Waals surface area contributed by atoms with Crippen LogP contribution in [-0.2, 0) is 0 Å². The number of aliphatic hydroxyl groups excluding tert-OH is 1. The van der Waals surface area contributed by atoms with Crippen molar-refractivity contribution in [3.63, 3.8) is 0 Å². The average molecular weight is 214 g/mol. The van der Waals surface area contributed by atoms with Crippen LogP contribution >= 0.6 is 0 Å². The highest BCUT2D eigenvalue weighted by Crippen LogP contribution is 2.36. The van der Waals surface area contributed by atoms with Gasteiger partial charge < -0.3 is 10.8 Å². The van der Waals surface area contributed by atoms with Crippen LogP contribution in [0.2, 0.25) is 0 Å². The quantitative estimate of drug-likeness (QED) is 0.739. The molecule has 0 aliphatic heterocycles. The third kappa shape index (κ3) is 3.44. The lowest BCUT2D eigenvalue weighted by atomic mass is 9.75. The van der Waals surface area contributed by atoms with Crippen LogP contribution < -0.4 is 5.73 Å². The molecule has 15 heavy (non-hydrogen) atoms. The molecule has 0 heterocycles. The molecule has 0 radical (unpaired) electrons.